The van der Waals surface area contributed by atoms with Gasteiger partial charge in [-0.25, -0.2) is 0 Å². The first kappa shape index (κ1) is 12.9. The zero-order chi connectivity index (χ0) is 11.3. The minimum absolute atomic E-state index is 0.0591. The smallest absolute Gasteiger partial charge is 0.146 e. The molecule has 0 spiro atoms. The van der Waals surface area contributed by atoms with Gasteiger partial charge in [0.05, 0.1) is 4.83 Å². The molecule has 1 aromatic rings. The van der Waals surface area contributed by atoms with Crippen LogP contribution >= 0.6 is 31.9 Å². The first-order chi connectivity index (χ1) is 7.15. The first-order valence-corrected chi connectivity index (χ1v) is 6.76. The normalized spacial score (nSPS) is 12.5. The highest BCUT2D eigenvalue weighted by atomic mass is 79.9. The van der Waals surface area contributed by atoms with Crippen LogP contribution in [0.5, 0.6) is 0 Å². The van der Waals surface area contributed by atoms with Gasteiger partial charge in [0.25, 0.3) is 0 Å². The number of hydrogen-bond acceptors (Lipinski definition) is 1. The van der Waals surface area contributed by atoms with Gasteiger partial charge in [-0.05, 0) is 24.5 Å². The molecule has 1 unspecified atom stereocenters. The molecule has 1 nitrogen and oxygen atoms in total. The molecule has 0 aliphatic carbocycles. The van der Waals surface area contributed by atoms with Crippen molar-refractivity contribution in [1.82, 2.24) is 0 Å². The number of ketones is 1. The van der Waals surface area contributed by atoms with E-state index in [1.807, 2.05) is 31.2 Å². The molecule has 1 aromatic carbocycles. The summed E-state index contributed by atoms with van der Waals surface area (Å²) in [4.78, 5) is 11.5. The number of carbonyl (C=O) groups is 1. The number of halogens is 2. The number of hydrogen-bond donors (Lipinski definition) is 0. The monoisotopic (exact) mass is 332 g/mol. The van der Waals surface area contributed by atoms with Crippen molar-refractivity contribution in [3.8, 4) is 0 Å². The summed E-state index contributed by atoms with van der Waals surface area (Å²) in [6, 6.07) is 8.01. The minimum atomic E-state index is -0.0591. The van der Waals surface area contributed by atoms with Crippen molar-refractivity contribution in [1.29, 1.82) is 0 Å². The fourth-order valence-electron chi connectivity index (χ4n) is 1.37. The second-order valence-corrected chi connectivity index (χ2v) is 5.44. The van der Waals surface area contributed by atoms with E-state index < -0.39 is 0 Å². The SMILES string of the molecule is CCCC(=O)C(Br)Cc1ccccc1Br. The average Bonchev–Trinajstić information content (AvgIpc) is 2.21. The molecule has 0 radical (unpaired) electrons. The van der Waals surface area contributed by atoms with Gasteiger partial charge in [0.15, 0.2) is 0 Å². The molecule has 0 saturated carbocycles. The largest absolute Gasteiger partial charge is 0.298 e. The molecule has 3 heteroatoms. The molecule has 0 aromatic heterocycles. The fourth-order valence-corrected chi connectivity index (χ4v) is 2.40. The summed E-state index contributed by atoms with van der Waals surface area (Å²) in [6.07, 6.45) is 2.32. The molecule has 0 heterocycles. The van der Waals surface area contributed by atoms with Crippen molar-refractivity contribution in [3.63, 3.8) is 0 Å². The second-order valence-electron chi connectivity index (χ2n) is 3.48. The number of Topliss-reactive ketones (excluding diaryl/α,β-unsaturated/α-hetero) is 1. The Morgan fingerprint density at radius 2 is 2.07 bits per heavy atom. The summed E-state index contributed by atoms with van der Waals surface area (Å²) in [6.45, 7) is 2.02. The predicted octanol–water partition coefficient (Wildman–Crippen LogP) is 4.12. The standard InChI is InChI=1S/C12H14Br2O/c1-2-5-12(15)11(14)8-9-6-3-4-7-10(9)13/h3-4,6-7,11H,2,5,8H2,1H3. The molecular formula is C12H14Br2O. The van der Waals surface area contributed by atoms with Crippen molar-refractivity contribution in [2.45, 2.75) is 31.0 Å². The lowest BCUT2D eigenvalue weighted by Gasteiger charge is -2.09. The molecule has 0 fully saturated rings. The first-order valence-electron chi connectivity index (χ1n) is 5.05. The van der Waals surface area contributed by atoms with Crippen LogP contribution in [-0.4, -0.2) is 10.6 Å². The molecule has 0 N–H and O–H groups in total. The van der Waals surface area contributed by atoms with Crippen LogP contribution in [-0.2, 0) is 11.2 Å². The lowest BCUT2D eigenvalue weighted by atomic mass is 10.1. The molecule has 82 valence electrons. The zero-order valence-corrected chi connectivity index (χ0v) is 11.8. The van der Waals surface area contributed by atoms with Gasteiger partial charge in [0, 0.05) is 10.9 Å². The van der Waals surface area contributed by atoms with Gasteiger partial charge in [-0.15, -0.1) is 0 Å². The van der Waals surface area contributed by atoms with Gasteiger partial charge >= 0.3 is 0 Å². The van der Waals surface area contributed by atoms with Crippen LogP contribution in [0.4, 0.5) is 0 Å². The van der Waals surface area contributed by atoms with Gasteiger partial charge in [0.2, 0.25) is 0 Å². The van der Waals surface area contributed by atoms with Gasteiger partial charge in [0.1, 0.15) is 5.78 Å². The maximum atomic E-state index is 11.6. The Bertz CT molecular complexity index is 336. The fraction of sp³-hybridized carbons (Fsp3) is 0.417. The molecule has 1 atom stereocenters. The van der Waals surface area contributed by atoms with Crippen LogP contribution in [0.15, 0.2) is 28.7 Å². The van der Waals surface area contributed by atoms with Gasteiger partial charge in [-0.2, -0.15) is 0 Å². The number of benzene rings is 1. The molecule has 0 aliphatic rings. The van der Waals surface area contributed by atoms with Crippen LogP contribution < -0.4 is 0 Å². The molecule has 1 rings (SSSR count). The van der Waals surface area contributed by atoms with Crippen molar-refractivity contribution < 1.29 is 4.79 Å². The molecule has 0 saturated heterocycles. The van der Waals surface area contributed by atoms with E-state index in [2.05, 4.69) is 31.9 Å². The van der Waals surface area contributed by atoms with Crippen LogP contribution in [0, 0.1) is 0 Å². The molecule has 0 aliphatic heterocycles. The molecular weight excluding hydrogens is 320 g/mol. The Kier molecular flexibility index (Phi) is 5.54. The third-order valence-corrected chi connectivity index (χ3v) is 3.81. The van der Waals surface area contributed by atoms with Gasteiger partial charge < -0.3 is 0 Å². The Labute approximate surface area is 108 Å². The summed E-state index contributed by atoms with van der Waals surface area (Å²) in [5.41, 5.74) is 1.17. The van der Waals surface area contributed by atoms with E-state index >= 15 is 0 Å². The quantitative estimate of drug-likeness (QED) is 0.740. The Hall–Kier alpha value is -0.150. The van der Waals surface area contributed by atoms with Crippen LogP contribution in [0.1, 0.15) is 25.3 Å². The van der Waals surface area contributed by atoms with E-state index in [-0.39, 0.29) is 10.6 Å². The zero-order valence-electron chi connectivity index (χ0n) is 8.67. The second kappa shape index (κ2) is 6.44. The van der Waals surface area contributed by atoms with Crippen molar-refractivity contribution in [2.24, 2.45) is 0 Å². The van der Waals surface area contributed by atoms with Crippen LogP contribution in [0.25, 0.3) is 0 Å². The highest BCUT2D eigenvalue weighted by molar-refractivity contribution is 9.10. The average molecular weight is 334 g/mol. The highest BCUT2D eigenvalue weighted by Crippen LogP contribution is 2.20. The van der Waals surface area contributed by atoms with Crippen LogP contribution in [0.2, 0.25) is 0 Å². The summed E-state index contributed by atoms with van der Waals surface area (Å²) >= 11 is 6.93. The number of alkyl halides is 1. The third kappa shape index (κ3) is 4.07. The van der Waals surface area contributed by atoms with E-state index in [9.17, 15) is 4.79 Å². The summed E-state index contributed by atoms with van der Waals surface area (Å²) in [5.74, 6) is 0.285. The van der Waals surface area contributed by atoms with Crippen molar-refractivity contribution >= 4 is 37.6 Å². The Balaban J connectivity index is 2.62. The lowest BCUT2D eigenvalue weighted by Crippen LogP contribution is -2.16. The van der Waals surface area contributed by atoms with E-state index in [1.165, 1.54) is 5.56 Å². The Morgan fingerprint density at radius 1 is 1.40 bits per heavy atom. The third-order valence-electron chi connectivity index (χ3n) is 2.20. The van der Waals surface area contributed by atoms with Gasteiger partial charge in [-0.1, -0.05) is 57.0 Å². The molecule has 0 amide bonds. The summed E-state index contributed by atoms with van der Waals surface area (Å²) < 4.78 is 1.07. The Morgan fingerprint density at radius 3 is 2.67 bits per heavy atom. The minimum Gasteiger partial charge on any atom is -0.298 e. The summed E-state index contributed by atoms with van der Waals surface area (Å²) in [5, 5.41) is 0. The number of rotatable bonds is 5. The maximum absolute atomic E-state index is 11.6. The van der Waals surface area contributed by atoms with E-state index in [0.29, 0.717) is 6.42 Å². The summed E-state index contributed by atoms with van der Waals surface area (Å²) in [7, 11) is 0. The maximum Gasteiger partial charge on any atom is 0.146 e. The molecule has 15 heavy (non-hydrogen) atoms. The molecule has 0 bridgehead atoms. The predicted molar refractivity (Wildman–Crippen MR) is 70.5 cm³/mol. The number of carbonyl (C=O) groups excluding carboxylic acids is 1. The van der Waals surface area contributed by atoms with E-state index in [1.54, 1.807) is 0 Å². The van der Waals surface area contributed by atoms with Gasteiger partial charge in [-0.3, -0.25) is 4.79 Å². The lowest BCUT2D eigenvalue weighted by molar-refractivity contribution is -0.118. The highest BCUT2D eigenvalue weighted by Gasteiger charge is 2.15. The topological polar surface area (TPSA) is 17.1 Å². The van der Waals surface area contributed by atoms with E-state index in [0.717, 1.165) is 17.3 Å². The van der Waals surface area contributed by atoms with Crippen molar-refractivity contribution in [2.75, 3.05) is 0 Å². The van der Waals surface area contributed by atoms with Crippen molar-refractivity contribution in [3.05, 3.63) is 34.3 Å². The van der Waals surface area contributed by atoms with E-state index in [4.69, 9.17) is 0 Å². The van der Waals surface area contributed by atoms with Crippen LogP contribution in [0.3, 0.4) is 0 Å².